The van der Waals surface area contributed by atoms with E-state index < -0.39 is 0 Å². The fourth-order valence-corrected chi connectivity index (χ4v) is 1.98. The van der Waals surface area contributed by atoms with Crippen molar-refractivity contribution in [2.75, 3.05) is 13.1 Å². The van der Waals surface area contributed by atoms with Gasteiger partial charge < -0.3 is 15.7 Å². The maximum atomic E-state index is 10.8. The summed E-state index contributed by atoms with van der Waals surface area (Å²) in [5, 5.41) is 15.4. The van der Waals surface area contributed by atoms with Crippen LogP contribution in [0.4, 0.5) is 0 Å². The fraction of sp³-hybridized carbons (Fsp3) is 0.562. The smallest absolute Gasteiger partial charge is 0.216 e. The molecule has 0 aromatic heterocycles. The van der Waals surface area contributed by atoms with E-state index in [1.165, 1.54) is 18.1 Å². The first-order valence-electron chi connectivity index (χ1n) is 7.23. The van der Waals surface area contributed by atoms with E-state index in [1.54, 1.807) is 6.92 Å². The van der Waals surface area contributed by atoms with Gasteiger partial charge in [0.1, 0.15) is 0 Å². The molecule has 0 saturated carbocycles. The Hall–Kier alpha value is -1.39. The van der Waals surface area contributed by atoms with Crippen molar-refractivity contribution in [3.8, 4) is 0 Å². The number of benzene rings is 1. The molecule has 0 saturated heterocycles. The number of aliphatic hydroxyl groups is 1. The van der Waals surface area contributed by atoms with Crippen LogP contribution < -0.4 is 10.6 Å². The summed E-state index contributed by atoms with van der Waals surface area (Å²) >= 11 is 0. The molecule has 1 aromatic carbocycles. The van der Waals surface area contributed by atoms with Crippen molar-refractivity contribution in [1.29, 1.82) is 0 Å². The topological polar surface area (TPSA) is 61.4 Å². The Morgan fingerprint density at radius 2 is 1.85 bits per heavy atom. The lowest BCUT2D eigenvalue weighted by atomic mass is 10.0. The zero-order valence-corrected chi connectivity index (χ0v) is 12.6. The minimum atomic E-state index is -0.258. The number of hydrogen-bond donors (Lipinski definition) is 3. The molecule has 0 aliphatic rings. The molecule has 1 aromatic rings. The van der Waals surface area contributed by atoms with E-state index in [0.29, 0.717) is 6.54 Å². The van der Waals surface area contributed by atoms with Crippen LogP contribution in [0.15, 0.2) is 24.3 Å². The summed E-state index contributed by atoms with van der Waals surface area (Å²) in [7, 11) is 0. The average molecular weight is 278 g/mol. The molecule has 1 rings (SSSR count). The van der Waals surface area contributed by atoms with Gasteiger partial charge in [-0.25, -0.2) is 0 Å². The zero-order chi connectivity index (χ0) is 15.0. The molecule has 3 N–H and O–H groups in total. The van der Waals surface area contributed by atoms with Gasteiger partial charge in [0.25, 0.3) is 0 Å². The highest BCUT2D eigenvalue weighted by atomic mass is 16.3. The van der Waals surface area contributed by atoms with Crippen molar-refractivity contribution < 1.29 is 9.90 Å². The molecular formula is C16H26N2O2. The van der Waals surface area contributed by atoms with Gasteiger partial charge in [-0.15, -0.1) is 0 Å². The third-order valence-electron chi connectivity index (χ3n) is 3.28. The second-order valence-electron chi connectivity index (χ2n) is 5.29. The lowest BCUT2D eigenvalue weighted by Gasteiger charge is -2.15. The van der Waals surface area contributed by atoms with Crippen molar-refractivity contribution >= 4 is 5.91 Å². The molecule has 0 aliphatic carbocycles. The van der Waals surface area contributed by atoms with E-state index in [4.69, 9.17) is 0 Å². The van der Waals surface area contributed by atoms with Gasteiger partial charge in [0.05, 0.1) is 6.10 Å². The molecule has 1 amide bonds. The summed E-state index contributed by atoms with van der Waals surface area (Å²) in [6, 6.07) is 8.71. The number of carbonyl (C=O) groups excluding carboxylic acids is 1. The number of aliphatic hydroxyl groups excluding tert-OH is 1. The van der Waals surface area contributed by atoms with Crippen molar-refractivity contribution in [3.05, 3.63) is 35.4 Å². The fourth-order valence-electron chi connectivity index (χ4n) is 1.98. The first kappa shape index (κ1) is 16.7. The highest BCUT2D eigenvalue weighted by Gasteiger charge is 2.05. The van der Waals surface area contributed by atoms with Gasteiger partial charge in [-0.2, -0.15) is 0 Å². The molecule has 0 aliphatic heterocycles. The Morgan fingerprint density at radius 3 is 2.40 bits per heavy atom. The molecular weight excluding hydrogens is 252 g/mol. The SMILES string of the molecule is CC(=O)NCCc1ccc(C(C)NCCC(C)O)cc1. The van der Waals surface area contributed by atoms with Crippen molar-refractivity contribution in [1.82, 2.24) is 10.6 Å². The number of rotatable bonds is 8. The maximum Gasteiger partial charge on any atom is 0.216 e. The molecule has 0 radical (unpaired) electrons. The number of nitrogens with one attached hydrogen (secondary N) is 2. The van der Waals surface area contributed by atoms with Crippen LogP contribution in [0.25, 0.3) is 0 Å². The molecule has 4 nitrogen and oxygen atoms in total. The first-order chi connectivity index (χ1) is 9.49. The summed E-state index contributed by atoms with van der Waals surface area (Å²) in [5.41, 5.74) is 2.46. The van der Waals surface area contributed by atoms with Gasteiger partial charge in [0.15, 0.2) is 0 Å². The molecule has 0 spiro atoms. The van der Waals surface area contributed by atoms with Gasteiger partial charge in [0, 0.05) is 19.5 Å². The van der Waals surface area contributed by atoms with Crippen molar-refractivity contribution in [3.63, 3.8) is 0 Å². The molecule has 0 bridgehead atoms. The highest BCUT2D eigenvalue weighted by molar-refractivity contribution is 5.72. The third kappa shape index (κ3) is 6.68. The Balaban J connectivity index is 2.38. The van der Waals surface area contributed by atoms with E-state index in [9.17, 15) is 9.90 Å². The van der Waals surface area contributed by atoms with Crippen LogP contribution >= 0.6 is 0 Å². The lowest BCUT2D eigenvalue weighted by Crippen LogP contribution is -2.23. The van der Waals surface area contributed by atoms with Crippen LogP contribution in [0.5, 0.6) is 0 Å². The highest BCUT2D eigenvalue weighted by Crippen LogP contribution is 2.13. The minimum Gasteiger partial charge on any atom is -0.393 e. The predicted octanol–water partition coefficient (Wildman–Crippen LogP) is 1.79. The number of amides is 1. The summed E-state index contributed by atoms with van der Waals surface area (Å²) in [6.07, 6.45) is 1.36. The Morgan fingerprint density at radius 1 is 1.20 bits per heavy atom. The molecule has 112 valence electrons. The van der Waals surface area contributed by atoms with Gasteiger partial charge in [0.2, 0.25) is 5.91 Å². The molecule has 20 heavy (non-hydrogen) atoms. The molecule has 2 atom stereocenters. The second kappa shape index (κ2) is 8.72. The number of carbonyl (C=O) groups is 1. The monoisotopic (exact) mass is 278 g/mol. The second-order valence-corrected chi connectivity index (χ2v) is 5.29. The van der Waals surface area contributed by atoms with Crippen molar-refractivity contribution in [2.45, 2.75) is 45.8 Å². The van der Waals surface area contributed by atoms with Crippen LogP contribution in [0.1, 0.15) is 44.4 Å². The van der Waals surface area contributed by atoms with Crippen LogP contribution in [0.3, 0.4) is 0 Å². The summed E-state index contributed by atoms with van der Waals surface area (Å²) in [5.74, 6) is 0.0116. The minimum absolute atomic E-state index is 0.0116. The third-order valence-corrected chi connectivity index (χ3v) is 3.28. The van der Waals surface area contributed by atoms with E-state index >= 15 is 0 Å². The van der Waals surface area contributed by atoms with E-state index in [-0.39, 0.29) is 18.1 Å². The molecule has 4 heteroatoms. The summed E-state index contributed by atoms with van der Waals surface area (Å²) < 4.78 is 0. The average Bonchev–Trinajstić information content (AvgIpc) is 2.38. The quantitative estimate of drug-likeness (QED) is 0.679. The lowest BCUT2D eigenvalue weighted by molar-refractivity contribution is -0.118. The first-order valence-corrected chi connectivity index (χ1v) is 7.23. The summed E-state index contributed by atoms with van der Waals surface area (Å²) in [6.45, 7) is 6.94. The Labute approximate surface area is 121 Å². The van der Waals surface area contributed by atoms with Gasteiger partial charge in [-0.3, -0.25) is 4.79 Å². The molecule has 2 unspecified atom stereocenters. The predicted molar refractivity (Wildman–Crippen MR) is 81.5 cm³/mol. The van der Waals surface area contributed by atoms with Crippen LogP contribution in [-0.4, -0.2) is 30.2 Å². The van der Waals surface area contributed by atoms with Gasteiger partial charge in [-0.1, -0.05) is 24.3 Å². The normalized spacial score (nSPS) is 13.8. The van der Waals surface area contributed by atoms with Crippen LogP contribution in [0, 0.1) is 0 Å². The largest absolute Gasteiger partial charge is 0.393 e. The van der Waals surface area contributed by atoms with E-state index in [0.717, 1.165) is 19.4 Å². The summed E-state index contributed by atoms with van der Waals surface area (Å²) in [4.78, 5) is 10.8. The van der Waals surface area contributed by atoms with Gasteiger partial charge >= 0.3 is 0 Å². The zero-order valence-electron chi connectivity index (χ0n) is 12.6. The van der Waals surface area contributed by atoms with E-state index in [1.807, 2.05) is 0 Å². The van der Waals surface area contributed by atoms with E-state index in [2.05, 4.69) is 41.8 Å². The van der Waals surface area contributed by atoms with Crippen molar-refractivity contribution in [2.24, 2.45) is 0 Å². The maximum absolute atomic E-state index is 10.8. The molecule has 0 heterocycles. The van der Waals surface area contributed by atoms with Crippen LogP contribution in [-0.2, 0) is 11.2 Å². The standard InChI is InChI=1S/C16H26N2O2/c1-12(19)8-10-17-13(2)16-6-4-15(5-7-16)9-11-18-14(3)20/h4-7,12-13,17,19H,8-11H2,1-3H3,(H,18,20). The Kier molecular flexibility index (Phi) is 7.26. The molecule has 0 fully saturated rings. The Bertz CT molecular complexity index is 401. The number of hydrogen-bond acceptors (Lipinski definition) is 3. The van der Waals surface area contributed by atoms with Crippen LogP contribution in [0.2, 0.25) is 0 Å². The van der Waals surface area contributed by atoms with Gasteiger partial charge in [-0.05, 0) is 44.4 Å².